The summed E-state index contributed by atoms with van der Waals surface area (Å²) in [5.74, 6) is -0.978. The molecule has 0 saturated heterocycles. The van der Waals surface area contributed by atoms with Crippen molar-refractivity contribution < 1.29 is 18.8 Å². The third-order valence-electron chi connectivity index (χ3n) is 4.69. The van der Waals surface area contributed by atoms with Gasteiger partial charge in [-0.25, -0.2) is 5.43 Å². The number of carbonyl (C=O) groups excluding carboxylic acids is 3. The second-order valence-corrected chi connectivity index (χ2v) is 6.96. The molecule has 0 radical (unpaired) electrons. The van der Waals surface area contributed by atoms with E-state index in [4.69, 9.17) is 4.42 Å². The summed E-state index contributed by atoms with van der Waals surface area (Å²) in [6, 6.07) is 10.2. The Kier molecular flexibility index (Phi) is 6.78. The van der Waals surface area contributed by atoms with Crippen LogP contribution in [0, 0.1) is 6.92 Å². The van der Waals surface area contributed by atoms with Gasteiger partial charge in [-0.15, -0.1) is 0 Å². The van der Waals surface area contributed by atoms with Crippen molar-refractivity contribution in [1.82, 2.24) is 10.7 Å². The number of rotatable bonds is 5. The molecule has 1 aromatic heterocycles. The van der Waals surface area contributed by atoms with Crippen LogP contribution in [0.1, 0.15) is 54.0 Å². The van der Waals surface area contributed by atoms with Crippen LogP contribution in [0.4, 0.5) is 5.69 Å². The van der Waals surface area contributed by atoms with Crippen LogP contribution in [-0.4, -0.2) is 30.0 Å². The number of carbonyl (C=O) groups is 3. The average molecular weight is 396 g/mol. The number of para-hydroxylation sites is 1. The van der Waals surface area contributed by atoms with E-state index in [-0.39, 0.29) is 17.6 Å². The molecule has 1 aliphatic carbocycles. The third-order valence-corrected chi connectivity index (χ3v) is 4.69. The zero-order valence-corrected chi connectivity index (χ0v) is 16.2. The molecule has 0 aliphatic heterocycles. The minimum atomic E-state index is -0.952. The Morgan fingerprint density at radius 1 is 1.03 bits per heavy atom. The lowest BCUT2D eigenvalue weighted by atomic mass is 9.95. The van der Waals surface area contributed by atoms with Crippen molar-refractivity contribution in [2.45, 2.75) is 45.1 Å². The number of hydrazone groups is 1. The maximum atomic E-state index is 12.6. The number of nitrogens with zero attached hydrogens (tertiary/aromatic N) is 1. The van der Waals surface area contributed by atoms with Crippen molar-refractivity contribution in [3.63, 3.8) is 0 Å². The molecule has 8 nitrogen and oxygen atoms in total. The van der Waals surface area contributed by atoms with Gasteiger partial charge in [-0.05, 0) is 44.0 Å². The highest BCUT2D eigenvalue weighted by molar-refractivity contribution is 6.40. The predicted molar refractivity (Wildman–Crippen MR) is 109 cm³/mol. The summed E-state index contributed by atoms with van der Waals surface area (Å²) in [6.07, 6.45) is 6.59. The smallest absolute Gasteiger partial charge is 0.329 e. The van der Waals surface area contributed by atoms with E-state index in [0.29, 0.717) is 17.1 Å². The summed E-state index contributed by atoms with van der Waals surface area (Å²) >= 11 is 0. The SMILES string of the molecule is Cc1ccc(/C=N/NC(=O)C(=O)Nc2ccccc2C(=O)NC2CCCCC2)o1. The molecule has 3 amide bonds. The van der Waals surface area contributed by atoms with Gasteiger partial charge in [0.2, 0.25) is 0 Å². The van der Waals surface area contributed by atoms with Crippen LogP contribution in [0.5, 0.6) is 0 Å². The maximum Gasteiger partial charge on any atom is 0.329 e. The summed E-state index contributed by atoms with van der Waals surface area (Å²) in [5.41, 5.74) is 2.72. The zero-order valence-electron chi connectivity index (χ0n) is 16.2. The van der Waals surface area contributed by atoms with Gasteiger partial charge in [0.15, 0.2) is 0 Å². The van der Waals surface area contributed by atoms with Crippen LogP contribution in [0.3, 0.4) is 0 Å². The molecule has 0 bridgehead atoms. The Morgan fingerprint density at radius 2 is 1.79 bits per heavy atom. The lowest BCUT2D eigenvalue weighted by molar-refractivity contribution is -0.136. The van der Waals surface area contributed by atoms with E-state index in [9.17, 15) is 14.4 Å². The number of hydrogen-bond donors (Lipinski definition) is 3. The van der Waals surface area contributed by atoms with E-state index in [1.807, 2.05) is 0 Å². The molecule has 0 spiro atoms. The van der Waals surface area contributed by atoms with Crippen LogP contribution < -0.4 is 16.1 Å². The lowest BCUT2D eigenvalue weighted by Gasteiger charge is -2.23. The van der Waals surface area contributed by atoms with Gasteiger partial charge in [-0.1, -0.05) is 31.4 Å². The van der Waals surface area contributed by atoms with Gasteiger partial charge < -0.3 is 15.1 Å². The van der Waals surface area contributed by atoms with Crippen molar-refractivity contribution >= 4 is 29.6 Å². The van der Waals surface area contributed by atoms with E-state index in [1.165, 1.54) is 12.6 Å². The highest BCUT2D eigenvalue weighted by Gasteiger charge is 2.20. The first-order chi connectivity index (χ1) is 14.0. The van der Waals surface area contributed by atoms with Gasteiger partial charge in [0.05, 0.1) is 17.5 Å². The quantitative estimate of drug-likeness (QED) is 0.410. The minimum Gasteiger partial charge on any atom is -0.460 e. The molecule has 3 rings (SSSR count). The van der Waals surface area contributed by atoms with Crippen molar-refractivity contribution in [2.75, 3.05) is 5.32 Å². The number of nitrogens with one attached hydrogen (secondary N) is 3. The second kappa shape index (κ2) is 9.68. The number of amides is 3. The molecule has 8 heteroatoms. The van der Waals surface area contributed by atoms with Crippen LogP contribution in [0.15, 0.2) is 45.9 Å². The number of benzene rings is 1. The number of aryl methyl sites for hydroxylation is 1. The van der Waals surface area contributed by atoms with E-state index in [0.717, 1.165) is 25.7 Å². The number of hydrogen-bond acceptors (Lipinski definition) is 5. The molecule has 152 valence electrons. The van der Waals surface area contributed by atoms with E-state index in [2.05, 4.69) is 21.2 Å². The van der Waals surface area contributed by atoms with E-state index >= 15 is 0 Å². The maximum absolute atomic E-state index is 12.6. The molecule has 1 aromatic carbocycles. The van der Waals surface area contributed by atoms with Gasteiger partial charge in [0.25, 0.3) is 5.91 Å². The summed E-state index contributed by atoms with van der Waals surface area (Å²) in [4.78, 5) is 36.8. The second-order valence-electron chi connectivity index (χ2n) is 6.96. The van der Waals surface area contributed by atoms with Crippen molar-refractivity contribution in [3.05, 3.63) is 53.5 Å². The minimum absolute atomic E-state index is 0.142. The normalized spacial score (nSPS) is 14.5. The van der Waals surface area contributed by atoms with Crippen molar-refractivity contribution in [3.8, 4) is 0 Å². The first-order valence-corrected chi connectivity index (χ1v) is 9.63. The van der Waals surface area contributed by atoms with Gasteiger partial charge in [-0.2, -0.15) is 5.10 Å². The number of anilines is 1. The van der Waals surface area contributed by atoms with Gasteiger partial charge >= 0.3 is 11.8 Å². The Bertz CT molecular complexity index is 913. The largest absolute Gasteiger partial charge is 0.460 e. The van der Waals surface area contributed by atoms with Gasteiger partial charge in [-0.3, -0.25) is 14.4 Å². The molecule has 3 N–H and O–H groups in total. The summed E-state index contributed by atoms with van der Waals surface area (Å²) < 4.78 is 5.28. The molecule has 0 atom stereocenters. The van der Waals surface area contributed by atoms with E-state index in [1.54, 1.807) is 43.3 Å². The average Bonchev–Trinajstić information content (AvgIpc) is 3.14. The predicted octanol–water partition coefficient (Wildman–Crippen LogP) is 2.74. The molecule has 1 saturated carbocycles. The Morgan fingerprint density at radius 3 is 2.52 bits per heavy atom. The first-order valence-electron chi connectivity index (χ1n) is 9.63. The fourth-order valence-corrected chi connectivity index (χ4v) is 3.21. The van der Waals surface area contributed by atoms with Crippen LogP contribution >= 0.6 is 0 Å². The van der Waals surface area contributed by atoms with Crippen LogP contribution in [0.25, 0.3) is 0 Å². The van der Waals surface area contributed by atoms with Crippen molar-refractivity contribution in [1.29, 1.82) is 0 Å². The monoisotopic (exact) mass is 396 g/mol. The Balaban J connectivity index is 1.58. The summed E-state index contributed by atoms with van der Waals surface area (Å²) in [7, 11) is 0. The van der Waals surface area contributed by atoms with Crippen molar-refractivity contribution in [2.24, 2.45) is 5.10 Å². The molecule has 2 aromatic rings. The van der Waals surface area contributed by atoms with Gasteiger partial charge in [0, 0.05) is 6.04 Å². The fourth-order valence-electron chi connectivity index (χ4n) is 3.21. The number of furan rings is 1. The zero-order chi connectivity index (χ0) is 20.6. The Labute approximate surface area is 168 Å². The molecular weight excluding hydrogens is 372 g/mol. The molecular formula is C21H24N4O4. The molecule has 1 aliphatic rings. The van der Waals surface area contributed by atoms with Gasteiger partial charge in [0.1, 0.15) is 11.5 Å². The first kappa shape index (κ1) is 20.3. The highest BCUT2D eigenvalue weighted by atomic mass is 16.3. The summed E-state index contributed by atoms with van der Waals surface area (Å²) in [6.45, 7) is 1.78. The highest BCUT2D eigenvalue weighted by Crippen LogP contribution is 2.20. The molecule has 29 heavy (non-hydrogen) atoms. The third kappa shape index (κ3) is 5.78. The van der Waals surface area contributed by atoms with Crippen LogP contribution in [0.2, 0.25) is 0 Å². The standard InChI is InChI=1S/C21H24N4O4/c1-14-11-12-16(29-14)13-22-25-21(28)20(27)24-18-10-6-5-9-17(18)19(26)23-15-7-3-2-4-8-15/h5-6,9-13,15H,2-4,7-8H2,1H3,(H,23,26)(H,24,27)(H,25,28)/b22-13+. The molecule has 1 heterocycles. The molecule has 1 fully saturated rings. The summed E-state index contributed by atoms with van der Waals surface area (Å²) in [5, 5.41) is 9.17. The fraction of sp³-hybridized carbons (Fsp3) is 0.333. The van der Waals surface area contributed by atoms with Crippen LogP contribution in [-0.2, 0) is 9.59 Å². The molecule has 0 unspecified atom stereocenters. The topological polar surface area (TPSA) is 113 Å². The Hall–Kier alpha value is -3.42. The van der Waals surface area contributed by atoms with E-state index < -0.39 is 11.8 Å². The lowest BCUT2D eigenvalue weighted by Crippen LogP contribution is -2.37.